The number of para-hydroxylation sites is 1. The summed E-state index contributed by atoms with van der Waals surface area (Å²) in [6.07, 6.45) is 1.32. The molecule has 0 bridgehead atoms. The van der Waals surface area contributed by atoms with E-state index in [-0.39, 0.29) is 11.7 Å². The molecule has 0 N–H and O–H groups in total. The summed E-state index contributed by atoms with van der Waals surface area (Å²) in [5.74, 6) is 0.767. The summed E-state index contributed by atoms with van der Waals surface area (Å²) in [7, 11) is 2.09. The van der Waals surface area contributed by atoms with Gasteiger partial charge in [0, 0.05) is 37.9 Å². The lowest BCUT2D eigenvalue weighted by Crippen LogP contribution is -2.38. The van der Waals surface area contributed by atoms with Crippen molar-refractivity contribution in [3.8, 4) is 0 Å². The van der Waals surface area contributed by atoms with Crippen LogP contribution in [0.15, 0.2) is 42.6 Å². The highest BCUT2D eigenvalue weighted by molar-refractivity contribution is 5.57. The zero-order valence-corrected chi connectivity index (χ0v) is 12.6. The third-order valence-corrected chi connectivity index (χ3v) is 4.05. The second-order valence-electron chi connectivity index (χ2n) is 5.62. The molecule has 2 heterocycles. The Morgan fingerprint density at radius 3 is 2.73 bits per heavy atom. The highest BCUT2D eigenvalue weighted by atomic mass is 16.6. The summed E-state index contributed by atoms with van der Waals surface area (Å²) >= 11 is 0. The highest BCUT2D eigenvalue weighted by Crippen LogP contribution is 2.29. The molecule has 114 valence electrons. The Morgan fingerprint density at radius 2 is 2.05 bits per heavy atom. The summed E-state index contributed by atoms with van der Waals surface area (Å²) in [6, 6.07) is 11.8. The quantitative estimate of drug-likeness (QED) is 0.630. The number of rotatable bonds is 2. The van der Waals surface area contributed by atoms with Gasteiger partial charge >= 0.3 is 0 Å². The predicted molar refractivity (Wildman–Crippen MR) is 86.2 cm³/mol. The largest absolute Gasteiger partial charge is 0.372 e. The van der Waals surface area contributed by atoms with E-state index in [1.807, 2.05) is 12.1 Å². The molecule has 0 fully saturated rings. The lowest BCUT2D eigenvalue weighted by Gasteiger charge is -2.29. The molecule has 2 aromatic rings. The monoisotopic (exact) mass is 298 g/mol. The van der Waals surface area contributed by atoms with Crippen molar-refractivity contribution in [2.45, 2.75) is 19.5 Å². The molecule has 6 nitrogen and oxygen atoms in total. The standard InChI is InChI=1S/C16H18N4O2/c1-12-10-18(2)15-6-4-3-5-13(15)11-19(12)16-8-7-14(9-17-16)20(21)22/h3-9,12H,10-11H2,1-2H3. The van der Waals surface area contributed by atoms with Gasteiger partial charge in [-0.3, -0.25) is 10.1 Å². The Morgan fingerprint density at radius 1 is 1.27 bits per heavy atom. The van der Waals surface area contributed by atoms with Crippen LogP contribution in [0.25, 0.3) is 0 Å². The van der Waals surface area contributed by atoms with Gasteiger partial charge in [0.25, 0.3) is 5.69 Å². The molecule has 6 heteroatoms. The Labute approximate surface area is 129 Å². The number of benzene rings is 1. The number of nitrogens with zero attached hydrogens (tertiary/aromatic N) is 4. The van der Waals surface area contributed by atoms with E-state index in [9.17, 15) is 10.1 Å². The lowest BCUT2D eigenvalue weighted by molar-refractivity contribution is -0.385. The maximum absolute atomic E-state index is 10.8. The van der Waals surface area contributed by atoms with Crippen molar-refractivity contribution < 1.29 is 4.92 Å². The number of anilines is 2. The van der Waals surface area contributed by atoms with Crippen LogP contribution >= 0.6 is 0 Å². The Hall–Kier alpha value is -2.63. The summed E-state index contributed by atoms with van der Waals surface area (Å²) in [6.45, 7) is 3.76. The molecule has 1 aromatic heterocycles. The first kappa shape index (κ1) is 14.3. The molecule has 0 saturated carbocycles. The van der Waals surface area contributed by atoms with Crippen molar-refractivity contribution in [2.24, 2.45) is 0 Å². The van der Waals surface area contributed by atoms with E-state index in [0.29, 0.717) is 0 Å². The van der Waals surface area contributed by atoms with Crippen molar-refractivity contribution in [3.05, 3.63) is 58.3 Å². The van der Waals surface area contributed by atoms with E-state index in [1.54, 1.807) is 6.07 Å². The van der Waals surface area contributed by atoms with Crippen LogP contribution < -0.4 is 9.80 Å². The number of hydrogen-bond acceptors (Lipinski definition) is 5. The average molecular weight is 298 g/mol. The van der Waals surface area contributed by atoms with Gasteiger partial charge in [0.1, 0.15) is 12.0 Å². The Kier molecular flexibility index (Phi) is 3.66. The van der Waals surface area contributed by atoms with Crippen LogP contribution in [0.5, 0.6) is 0 Å². The van der Waals surface area contributed by atoms with Crippen molar-refractivity contribution in [1.82, 2.24) is 4.98 Å². The van der Waals surface area contributed by atoms with Gasteiger partial charge in [-0.05, 0) is 24.6 Å². The fourth-order valence-corrected chi connectivity index (χ4v) is 2.91. The summed E-state index contributed by atoms with van der Waals surface area (Å²) in [5.41, 5.74) is 2.47. The number of nitro groups is 1. The molecular weight excluding hydrogens is 280 g/mol. The maximum Gasteiger partial charge on any atom is 0.287 e. The first-order chi connectivity index (χ1) is 10.6. The van der Waals surface area contributed by atoms with Crippen LogP contribution in [0.2, 0.25) is 0 Å². The fourth-order valence-electron chi connectivity index (χ4n) is 2.91. The molecule has 1 aliphatic rings. The van der Waals surface area contributed by atoms with Crippen LogP contribution in [0.4, 0.5) is 17.2 Å². The van der Waals surface area contributed by atoms with Gasteiger partial charge in [0.05, 0.1) is 4.92 Å². The molecule has 0 spiro atoms. The fraction of sp³-hybridized carbons (Fsp3) is 0.312. The summed E-state index contributed by atoms with van der Waals surface area (Å²) in [5, 5.41) is 10.8. The van der Waals surface area contributed by atoms with Crippen molar-refractivity contribution >= 4 is 17.2 Å². The normalized spacial score (nSPS) is 17.8. The third kappa shape index (κ3) is 2.59. The van der Waals surface area contributed by atoms with Gasteiger partial charge in [-0.15, -0.1) is 0 Å². The van der Waals surface area contributed by atoms with E-state index in [0.717, 1.165) is 18.9 Å². The Bertz CT molecular complexity index is 687. The van der Waals surface area contributed by atoms with E-state index in [4.69, 9.17) is 0 Å². The average Bonchev–Trinajstić information content (AvgIpc) is 2.64. The van der Waals surface area contributed by atoms with Crippen molar-refractivity contribution in [3.63, 3.8) is 0 Å². The third-order valence-electron chi connectivity index (χ3n) is 4.05. The van der Waals surface area contributed by atoms with Crippen molar-refractivity contribution in [2.75, 3.05) is 23.4 Å². The maximum atomic E-state index is 10.8. The smallest absolute Gasteiger partial charge is 0.287 e. The van der Waals surface area contributed by atoms with Crippen molar-refractivity contribution in [1.29, 1.82) is 0 Å². The number of hydrogen-bond donors (Lipinski definition) is 0. The van der Waals surface area contributed by atoms with Crippen LogP contribution in [-0.2, 0) is 6.54 Å². The summed E-state index contributed by atoms with van der Waals surface area (Å²) in [4.78, 5) is 19.0. The van der Waals surface area contributed by atoms with Crippen LogP contribution in [0, 0.1) is 10.1 Å². The zero-order valence-electron chi connectivity index (χ0n) is 12.6. The van der Waals surface area contributed by atoms with Gasteiger partial charge in [0.2, 0.25) is 0 Å². The molecule has 3 rings (SSSR count). The van der Waals surface area contributed by atoms with Gasteiger partial charge in [-0.1, -0.05) is 18.2 Å². The van der Waals surface area contributed by atoms with E-state index >= 15 is 0 Å². The number of fused-ring (bicyclic) bond motifs is 1. The van der Waals surface area contributed by atoms with Crippen LogP contribution in [-0.4, -0.2) is 29.5 Å². The molecule has 1 aromatic carbocycles. The molecule has 22 heavy (non-hydrogen) atoms. The minimum absolute atomic E-state index is 0.0174. The predicted octanol–water partition coefficient (Wildman–Crippen LogP) is 2.83. The first-order valence-electron chi connectivity index (χ1n) is 7.22. The van der Waals surface area contributed by atoms with E-state index in [1.165, 1.54) is 23.5 Å². The summed E-state index contributed by atoms with van der Waals surface area (Å²) < 4.78 is 0. The second kappa shape index (κ2) is 5.63. The van der Waals surface area contributed by atoms with Gasteiger partial charge in [0.15, 0.2) is 0 Å². The van der Waals surface area contributed by atoms with Gasteiger partial charge < -0.3 is 9.80 Å². The first-order valence-corrected chi connectivity index (χ1v) is 7.22. The molecule has 1 unspecified atom stereocenters. The molecule has 0 radical (unpaired) electrons. The number of aromatic nitrogens is 1. The highest BCUT2D eigenvalue weighted by Gasteiger charge is 2.24. The molecule has 0 saturated heterocycles. The number of pyridine rings is 1. The molecule has 0 aliphatic carbocycles. The van der Waals surface area contributed by atoms with E-state index < -0.39 is 4.92 Å². The SMILES string of the molecule is CC1CN(C)c2ccccc2CN1c1ccc([N+](=O)[O-])cn1. The topological polar surface area (TPSA) is 62.5 Å². The van der Waals surface area contributed by atoms with Gasteiger partial charge in [-0.2, -0.15) is 0 Å². The molecule has 1 aliphatic heterocycles. The minimum Gasteiger partial charge on any atom is -0.372 e. The second-order valence-corrected chi connectivity index (χ2v) is 5.62. The molecular formula is C16H18N4O2. The molecule has 1 atom stereocenters. The van der Waals surface area contributed by atoms with Gasteiger partial charge in [-0.25, -0.2) is 4.98 Å². The van der Waals surface area contributed by atoms with Crippen LogP contribution in [0.3, 0.4) is 0 Å². The zero-order chi connectivity index (χ0) is 15.7. The lowest BCUT2D eigenvalue weighted by atomic mass is 10.1. The van der Waals surface area contributed by atoms with Crippen LogP contribution in [0.1, 0.15) is 12.5 Å². The number of likely N-dealkylation sites (N-methyl/N-ethyl adjacent to an activating group) is 1. The van der Waals surface area contributed by atoms with E-state index in [2.05, 4.69) is 40.9 Å². The minimum atomic E-state index is -0.425. The molecule has 0 amide bonds. The Balaban J connectivity index is 1.95.